The maximum atomic E-state index is 12.3. The largest absolute Gasteiger partial charge is 0.460 e. The summed E-state index contributed by atoms with van der Waals surface area (Å²) in [5.74, 6) is -1.08. The molecule has 0 aromatic carbocycles. The summed E-state index contributed by atoms with van der Waals surface area (Å²) in [6.45, 7) is 15.6. The van der Waals surface area contributed by atoms with Gasteiger partial charge < -0.3 is 19.5 Å². The lowest BCUT2D eigenvalue weighted by Gasteiger charge is -2.26. The summed E-state index contributed by atoms with van der Waals surface area (Å²) in [6.07, 6.45) is -0.715. The van der Waals surface area contributed by atoms with Crippen LogP contribution in [0.2, 0.25) is 0 Å². The van der Waals surface area contributed by atoms with E-state index in [4.69, 9.17) is 14.2 Å². The Balaban J connectivity index is 4.93. The molecule has 0 aromatic rings. The molecule has 7 nitrogen and oxygen atoms in total. The van der Waals surface area contributed by atoms with E-state index in [0.717, 1.165) is 0 Å². The van der Waals surface area contributed by atoms with Crippen LogP contribution in [-0.4, -0.2) is 40.9 Å². The van der Waals surface area contributed by atoms with Crippen molar-refractivity contribution >= 4 is 18.0 Å². The molecule has 0 aliphatic heterocycles. The highest BCUT2D eigenvalue weighted by atomic mass is 16.6. The van der Waals surface area contributed by atoms with Gasteiger partial charge in [0, 0.05) is 6.42 Å². The number of alkyl carbamates (subject to hydrolysis) is 1. The van der Waals surface area contributed by atoms with Crippen molar-refractivity contribution in [2.75, 3.05) is 0 Å². The molecule has 0 aliphatic rings. The van der Waals surface area contributed by atoms with Crippen molar-refractivity contribution in [3.63, 3.8) is 0 Å². The summed E-state index contributed by atoms with van der Waals surface area (Å²) in [4.78, 5) is 36.1. The standard InChI is InChI=1S/C18H33NO6/c1-16(2,3)23-13(20)11-10-12(14(21)24-17(4,5)6)19-15(22)25-18(7,8)9/h12H,10-11H2,1-9H3,(H,19,22). The monoisotopic (exact) mass is 359 g/mol. The Hall–Kier alpha value is -1.79. The lowest BCUT2D eigenvalue weighted by molar-refractivity contribution is -0.158. The number of carbonyl (C=O) groups excluding carboxylic acids is 3. The first kappa shape index (κ1) is 23.2. The van der Waals surface area contributed by atoms with Crippen molar-refractivity contribution in [2.45, 2.75) is 98.0 Å². The second-order valence-corrected chi connectivity index (χ2v) is 8.86. The van der Waals surface area contributed by atoms with E-state index in [1.54, 1.807) is 62.3 Å². The third-order valence-corrected chi connectivity index (χ3v) is 2.44. The molecule has 0 spiro atoms. The molecule has 0 fully saturated rings. The topological polar surface area (TPSA) is 90.9 Å². The summed E-state index contributed by atoms with van der Waals surface area (Å²) in [7, 11) is 0. The van der Waals surface area contributed by atoms with Crippen LogP contribution < -0.4 is 5.32 Å². The SMILES string of the molecule is CC(C)(C)OC(=O)CCC(NC(=O)OC(C)(C)C)C(=O)OC(C)(C)C. The molecule has 0 aromatic heterocycles. The van der Waals surface area contributed by atoms with Crippen LogP contribution in [-0.2, 0) is 23.8 Å². The number of hydrogen-bond acceptors (Lipinski definition) is 6. The molecule has 7 heteroatoms. The van der Waals surface area contributed by atoms with E-state index in [0.29, 0.717) is 0 Å². The fourth-order valence-corrected chi connectivity index (χ4v) is 1.73. The molecule has 1 unspecified atom stereocenters. The van der Waals surface area contributed by atoms with Crippen LogP contribution in [0.25, 0.3) is 0 Å². The van der Waals surface area contributed by atoms with Crippen LogP contribution in [0, 0.1) is 0 Å². The van der Waals surface area contributed by atoms with Gasteiger partial charge in [-0.2, -0.15) is 0 Å². The van der Waals surface area contributed by atoms with Gasteiger partial charge in [0.1, 0.15) is 22.8 Å². The van der Waals surface area contributed by atoms with Crippen molar-refractivity contribution in [2.24, 2.45) is 0 Å². The van der Waals surface area contributed by atoms with Crippen LogP contribution in [0.15, 0.2) is 0 Å². The zero-order chi connectivity index (χ0) is 20.1. The van der Waals surface area contributed by atoms with Gasteiger partial charge in [0.05, 0.1) is 0 Å². The lowest BCUT2D eigenvalue weighted by atomic mass is 10.1. The number of hydrogen-bond donors (Lipinski definition) is 1. The highest BCUT2D eigenvalue weighted by molar-refractivity contribution is 5.82. The van der Waals surface area contributed by atoms with Gasteiger partial charge in [0.15, 0.2) is 0 Å². The molecule has 0 radical (unpaired) electrons. The Morgan fingerprint density at radius 3 is 1.60 bits per heavy atom. The van der Waals surface area contributed by atoms with E-state index in [1.807, 2.05) is 0 Å². The van der Waals surface area contributed by atoms with Crippen LogP contribution in [0.1, 0.15) is 75.2 Å². The maximum Gasteiger partial charge on any atom is 0.408 e. The van der Waals surface area contributed by atoms with Gasteiger partial charge in [-0.25, -0.2) is 9.59 Å². The Bertz CT molecular complexity index is 479. The number of amides is 1. The predicted octanol–water partition coefficient (Wildman–Crippen LogP) is 3.34. The quantitative estimate of drug-likeness (QED) is 0.598. The van der Waals surface area contributed by atoms with Gasteiger partial charge in [-0.1, -0.05) is 0 Å². The molecule has 0 saturated heterocycles. The van der Waals surface area contributed by atoms with Gasteiger partial charge in [-0.05, 0) is 68.7 Å². The van der Waals surface area contributed by atoms with Crippen molar-refractivity contribution in [1.29, 1.82) is 0 Å². The van der Waals surface area contributed by atoms with Crippen LogP contribution in [0.5, 0.6) is 0 Å². The minimum atomic E-state index is -0.999. The Labute approximate surface area is 150 Å². The molecule has 1 atom stereocenters. The highest BCUT2D eigenvalue weighted by Crippen LogP contribution is 2.14. The predicted molar refractivity (Wildman–Crippen MR) is 94.1 cm³/mol. The third kappa shape index (κ3) is 13.2. The molecule has 0 saturated carbocycles. The van der Waals surface area contributed by atoms with Gasteiger partial charge >= 0.3 is 18.0 Å². The normalized spacial score (nSPS) is 13.6. The van der Waals surface area contributed by atoms with Crippen molar-refractivity contribution < 1.29 is 28.6 Å². The first-order chi connectivity index (χ1) is 11.0. The van der Waals surface area contributed by atoms with Gasteiger partial charge in [0.2, 0.25) is 0 Å². The Kier molecular flexibility index (Phi) is 7.93. The minimum Gasteiger partial charge on any atom is -0.460 e. The van der Waals surface area contributed by atoms with E-state index < -0.39 is 40.9 Å². The molecule has 0 heterocycles. The molecule has 0 bridgehead atoms. The molecular formula is C18H33NO6. The molecular weight excluding hydrogens is 326 g/mol. The van der Waals surface area contributed by atoms with Crippen LogP contribution >= 0.6 is 0 Å². The highest BCUT2D eigenvalue weighted by Gasteiger charge is 2.29. The molecule has 146 valence electrons. The number of ether oxygens (including phenoxy) is 3. The lowest BCUT2D eigenvalue weighted by Crippen LogP contribution is -2.46. The average Bonchev–Trinajstić information content (AvgIpc) is 2.27. The zero-order valence-electron chi connectivity index (χ0n) is 16.9. The maximum absolute atomic E-state index is 12.3. The van der Waals surface area contributed by atoms with E-state index in [9.17, 15) is 14.4 Å². The number of nitrogens with one attached hydrogen (secondary N) is 1. The molecule has 1 N–H and O–H groups in total. The first-order valence-corrected chi connectivity index (χ1v) is 8.43. The van der Waals surface area contributed by atoms with E-state index in [2.05, 4.69) is 5.32 Å². The van der Waals surface area contributed by atoms with Gasteiger partial charge in [-0.15, -0.1) is 0 Å². The molecule has 0 aliphatic carbocycles. The fraction of sp³-hybridized carbons (Fsp3) is 0.833. The van der Waals surface area contributed by atoms with Crippen molar-refractivity contribution in [1.82, 2.24) is 5.32 Å². The molecule has 0 rings (SSSR count). The summed E-state index contributed by atoms with van der Waals surface area (Å²) in [6, 6.07) is -0.999. The van der Waals surface area contributed by atoms with E-state index in [-0.39, 0.29) is 12.8 Å². The van der Waals surface area contributed by atoms with Gasteiger partial charge in [-0.3, -0.25) is 4.79 Å². The van der Waals surface area contributed by atoms with Crippen LogP contribution in [0.3, 0.4) is 0 Å². The summed E-state index contributed by atoms with van der Waals surface area (Å²) < 4.78 is 15.7. The Morgan fingerprint density at radius 2 is 1.20 bits per heavy atom. The first-order valence-electron chi connectivity index (χ1n) is 8.43. The zero-order valence-corrected chi connectivity index (χ0v) is 16.9. The number of carbonyl (C=O) groups is 3. The van der Waals surface area contributed by atoms with Gasteiger partial charge in [0.25, 0.3) is 0 Å². The van der Waals surface area contributed by atoms with Crippen molar-refractivity contribution in [3.8, 4) is 0 Å². The minimum absolute atomic E-state index is 0.0308. The second kappa shape index (κ2) is 8.54. The average molecular weight is 359 g/mol. The summed E-state index contributed by atoms with van der Waals surface area (Å²) in [5, 5.41) is 2.47. The van der Waals surface area contributed by atoms with E-state index in [1.165, 1.54) is 0 Å². The smallest absolute Gasteiger partial charge is 0.408 e. The van der Waals surface area contributed by atoms with Crippen molar-refractivity contribution in [3.05, 3.63) is 0 Å². The molecule has 25 heavy (non-hydrogen) atoms. The van der Waals surface area contributed by atoms with Crippen LogP contribution in [0.4, 0.5) is 4.79 Å². The number of esters is 2. The fourth-order valence-electron chi connectivity index (χ4n) is 1.73. The summed E-state index contributed by atoms with van der Waals surface area (Å²) >= 11 is 0. The summed E-state index contributed by atoms with van der Waals surface area (Å²) in [5.41, 5.74) is -2.03. The number of rotatable bonds is 5. The van der Waals surface area contributed by atoms with E-state index >= 15 is 0 Å². The second-order valence-electron chi connectivity index (χ2n) is 8.86. The third-order valence-electron chi connectivity index (χ3n) is 2.44. The Morgan fingerprint density at radius 1 is 0.760 bits per heavy atom. The molecule has 1 amide bonds.